The normalized spacial score (nSPS) is 50.0. The van der Waals surface area contributed by atoms with Gasteiger partial charge in [0.1, 0.15) is 0 Å². The summed E-state index contributed by atoms with van der Waals surface area (Å²) in [6, 6.07) is 0. The Labute approximate surface area is 120 Å². The van der Waals surface area contributed by atoms with Gasteiger partial charge in [0, 0.05) is 11.6 Å². The summed E-state index contributed by atoms with van der Waals surface area (Å²) in [5, 5.41) is 0. The first-order valence-corrected chi connectivity index (χ1v) is 7.81. The first kappa shape index (κ1) is 12.6. The summed E-state index contributed by atoms with van der Waals surface area (Å²) in [6.45, 7) is 6.51. The lowest BCUT2D eigenvalue weighted by Gasteiger charge is -2.66. The highest BCUT2D eigenvalue weighted by molar-refractivity contribution is 6.16. The Kier molecular flexibility index (Phi) is 2.12. The predicted molar refractivity (Wildman–Crippen MR) is 75.7 cm³/mol. The van der Waals surface area contributed by atoms with Crippen LogP contribution in [0.2, 0.25) is 0 Å². The van der Waals surface area contributed by atoms with Crippen molar-refractivity contribution in [2.24, 2.45) is 16.7 Å². The van der Waals surface area contributed by atoms with Gasteiger partial charge in [-0.3, -0.25) is 14.5 Å². The van der Waals surface area contributed by atoms with Crippen molar-refractivity contribution in [3.63, 3.8) is 0 Å². The van der Waals surface area contributed by atoms with E-state index in [2.05, 4.69) is 13.8 Å². The third kappa shape index (κ3) is 1.47. The van der Waals surface area contributed by atoms with Gasteiger partial charge in [-0.15, -0.1) is 0 Å². The molecule has 20 heavy (non-hydrogen) atoms. The standard InChI is InChI=1S/C17H23NO2/c1-11-4-13(19)18(14(11)20)17-7-12-5-15(2,9-17)8-16(3,6-12)10-17/h4,12H,5-10H2,1-3H3. The summed E-state index contributed by atoms with van der Waals surface area (Å²) in [5.74, 6) is 0.591. The maximum atomic E-state index is 12.5. The second kappa shape index (κ2) is 3.37. The Morgan fingerprint density at radius 2 is 1.65 bits per heavy atom. The zero-order valence-electron chi connectivity index (χ0n) is 12.7. The molecule has 3 nitrogen and oxygen atoms in total. The second-order valence-corrected chi connectivity index (χ2v) is 8.66. The molecule has 0 spiro atoms. The van der Waals surface area contributed by atoms with Crippen molar-refractivity contribution in [2.45, 2.75) is 64.8 Å². The fourth-order valence-electron chi connectivity index (χ4n) is 6.67. The van der Waals surface area contributed by atoms with Crippen LogP contribution in [0.5, 0.6) is 0 Å². The molecule has 0 N–H and O–H groups in total. The number of amides is 2. The molecule has 0 radical (unpaired) electrons. The molecule has 3 heteroatoms. The lowest BCUT2D eigenvalue weighted by Crippen LogP contribution is -2.66. The Balaban J connectivity index is 1.78. The number of imide groups is 1. The van der Waals surface area contributed by atoms with Gasteiger partial charge in [-0.1, -0.05) is 13.8 Å². The van der Waals surface area contributed by atoms with Gasteiger partial charge in [0.15, 0.2) is 0 Å². The van der Waals surface area contributed by atoms with Crippen molar-refractivity contribution < 1.29 is 9.59 Å². The fraction of sp³-hybridized carbons (Fsp3) is 0.765. The van der Waals surface area contributed by atoms with E-state index in [1.54, 1.807) is 11.8 Å². The monoisotopic (exact) mass is 273 g/mol. The van der Waals surface area contributed by atoms with Crippen LogP contribution in [0.1, 0.15) is 59.3 Å². The minimum atomic E-state index is -0.189. The van der Waals surface area contributed by atoms with Crippen LogP contribution in [0.15, 0.2) is 11.6 Å². The molecule has 2 amide bonds. The van der Waals surface area contributed by atoms with Gasteiger partial charge in [0.25, 0.3) is 11.8 Å². The maximum Gasteiger partial charge on any atom is 0.257 e. The molecule has 0 aromatic carbocycles. The quantitative estimate of drug-likeness (QED) is 0.689. The van der Waals surface area contributed by atoms with Crippen LogP contribution in [-0.2, 0) is 9.59 Å². The highest BCUT2D eigenvalue weighted by atomic mass is 16.2. The van der Waals surface area contributed by atoms with E-state index in [9.17, 15) is 9.59 Å². The van der Waals surface area contributed by atoms with Gasteiger partial charge >= 0.3 is 0 Å². The van der Waals surface area contributed by atoms with Crippen LogP contribution < -0.4 is 0 Å². The van der Waals surface area contributed by atoms with Gasteiger partial charge in [-0.2, -0.15) is 0 Å². The molecule has 0 aromatic heterocycles. The summed E-state index contributed by atoms with van der Waals surface area (Å²) < 4.78 is 0. The van der Waals surface area contributed by atoms with Gasteiger partial charge in [-0.05, 0) is 62.2 Å². The first-order valence-electron chi connectivity index (χ1n) is 7.81. The highest BCUT2D eigenvalue weighted by Gasteiger charge is 2.64. The minimum Gasteiger partial charge on any atom is -0.269 e. The second-order valence-electron chi connectivity index (χ2n) is 8.66. The predicted octanol–water partition coefficient (Wildman–Crippen LogP) is 3.05. The lowest BCUT2D eigenvalue weighted by molar-refractivity contribution is -0.176. The van der Waals surface area contributed by atoms with E-state index >= 15 is 0 Å². The molecular weight excluding hydrogens is 250 g/mol. The zero-order chi connectivity index (χ0) is 14.3. The third-order valence-electron chi connectivity index (χ3n) is 6.17. The van der Waals surface area contributed by atoms with Crippen LogP contribution in [0.25, 0.3) is 0 Å². The Hall–Kier alpha value is -1.12. The number of rotatable bonds is 1. The fourth-order valence-corrected chi connectivity index (χ4v) is 6.67. The van der Waals surface area contributed by atoms with Crippen molar-refractivity contribution in [1.29, 1.82) is 0 Å². The summed E-state index contributed by atoms with van der Waals surface area (Å²) in [6.07, 6.45) is 8.44. The molecule has 4 saturated carbocycles. The molecule has 5 aliphatic rings. The molecule has 4 bridgehead atoms. The number of carbonyl (C=O) groups excluding carboxylic acids is 2. The largest absolute Gasteiger partial charge is 0.269 e. The Morgan fingerprint density at radius 3 is 2.10 bits per heavy atom. The van der Waals surface area contributed by atoms with E-state index in [0.29, 0.717) is 22.3 Å². The van der Waals surface area contributed by atoms with Crippen LogP contribution in [0, 0.1) is 16.7 Å². The van der Waals surface area contributed by atoms with Crippen molar-refractivity contribution in [3.05, 3.63) is 11.6 Å². The zero-order valence-corrected chi connectivity index (χ0v) is 12.7. The van der Waals surface area contributed by atoms with Crippen molar-refractivity contribution in [2.75, 3.05) is 0 Å². The van der Waals surface area contributed by atoms with Gasteiger partial charge in [-0.25, -0.2) is 0 Å². The topological polar surface area (TPSA) is 37.4 Å². The molecule has 2 unspecified atom stereocenters. The van der Waals surface area contributed by atoms with Crippen molar-refractivity contribution in [1.82, 2.24) is 4.90 Å². The summed E-state index contributed by atoms with van der Waals surface area (Å²) in [4.78, 5) is 26.5. The van der Waals surface area contributed by atoms with Crippen LogP contribution in [-0.4, -0.2) is 22.3 Å². The Bertz CT molecular complexity index is 543. The number of hydrogen-bond acceptors (Lipinski definition) is 2. The van der Waals surface area contributed by atoms with E-state index < -0.39 is 0 Å². The molecule has 0 saturated heterocycles. The average Bonchev–Trinajstić information content (AvgIpc) is 2.47. The van der Waals surface area contributed by atoms with Gasteiger partial charge in [0.05, 0.1) is 5.54 Å². The van der Waals surface area contributed by atoms with Crippen LogP contribution in [0.4, 0.5) is 0 Å². The number of nitrogens with zero attached hydrogens (tertiary/aromatic N) is 1. The molecule has 108 valence electrons. The van der Waals surface area contributed by atoms with E-state index in [-0.39, 0.29) is 17.4 Å². The van der Waals surface area contributed by atoms with E-state index in [1.165, 1.54) is 25.3 Å². The molecule has 2 atom stereocenters. The molecule has 0 aromatic rings. The first-order chi connectivity index (χ1) is 9.24. The molecule has 5 rings (SSSR count). The van der Waals surface area contributed by atoms with Crippen molar-refractivity contribution >= 4 is 11.8 Å². The number of carbonyl (C=O) groups is 2. The maximum absolute atomic E-state index is 12.5. The molecule has 1 heterocycles. The smallest absolute Gasteiger partial charge is 0.257 e. The SMILES string of the molecule is CC1=CC(=O)N(C23CC4CC(C)(CC(C)(C4)C2)C3)C1=O. The molecular formula is C17H23NO2. The average molecular weight is 273 g/mol. The third-order valence-corrected chi connectivity index (χ3v) is 6.17. The Morgan fingerprint density at radius 1 is 1.05 bits per heavy atom. The van der Waals surface area contributed by atoms with Crippen LogP contribution >= 0.6 is 0 Å². The van der Waals surface area contributed by atoms with Gasteiger partial charge < -0.3 is 0 Å². The molecule has 1 aliphatic heterocycles. The highest BCUT2D eigenvalue weighted by Crippen LogP contribution is 2.68. The number of hydrogen-bond donors (Lipinski definition) is 0. The van der Waals surface area contributed by atoms with Crippen LogP contribution in [0.3, 0.4) is 0 Å². The van der Waals surface area contributed by atoms with E-state index in [0.717, 1.165) is 19.3 Å². The minimum absolute atomic E-state index is 0.0378. The van der Waals surface area contributed by atoms with E-state index in [4.69, 9.17) is 0 Å². The summed E-state index contributed by atoms with van der Waals surface area (Å²) in [5.41, 5.74) is 1.07. The molecule has 4 aliphatic carbocycles. The lowest BCUT2D eigenvalue weighted by atomic mass is 9.42. The molecule has 4 fully saturated rings. The van der Waals surface area contributed by atoms with E-state index in [1.807, 2.05) is 0 Å². The summed E-state index contributed by atoms with van der Waals surface area (Å²) in [7, 11) is 0. The van der Waals surface area contributed by atoms with Crippen molar-refractivity contribution in [3.8, 4) is 0 Å². The summed E-state index contributed by atoms with van der Waals surface area (Å²) >= 11 is 0. The van der Waals surface area contributed by atoms with Gasteiger partial charge in [0.2, 0.25) is 0 Å².